The van der Waals surface area contributed by atoms with Crippen molar-refractivity contribution < 1.29 is 9.90 Å². The van der Waals surface area contributed by atoms with E-state index in [1.807, 2.05) is 6.07 Å². The highest BCUT2D eigenvalue weighted by atomic mass is 16.3. The number of nitrogens with one attached hydrogen (secondary N) is 1. The number of amides is 1. The van der Waals surface area contributed by atoms with E-state index in [9.17, 15) is 4.79 Å². The number of nitrogens with zero attached hydrogens (tertiary/aromatic N) is 3. The number of rotatable bonds is 5. The Morgan fingerprint density at radius 3 is 3.05 bits per heavy atom. The van der Waals surface area contributed by atoms with Gasteiger partial charge in [-0.1, -0.05) is 11.3 Å². The van der Waals surface area contributed by atoms with Gasteiger partial charge in [-0.2, -0.15) is 0 Å². The molecule has 2 N–H and O–H groups in total. The zero-order chi connectivity index (χ0) is 13.7. The summed E-state index contributed by atoms with van der Waals surface area (Å²) >= 11 is 0. The van der Waals surface area contributed by atoms with E-state index in [0.717, 1.165) is 5.69 Å². The van der Waals surface area contributed by atoms with Crippen molar-refractivity contribution in [3.05, 3.63) is 42.2 Å². The van der Waals surface area contributed by atoms with Crippen LogP contribution in [0.25, 0.3) is 5.69 Å². The summed E-state index contributed by atoms with van der Waals surface area (Å²) in [6, 6.07) is 7.12. The molecule has 0 aliphatic carbocycles. The molecule has 2 rings (SSSR count). The molecule has 1 unspecified atom stereocenters. The average molecular weight is 260 g/mol. The zero-order valence-electron chi connectivity index (χ0n) is 10.7. The average Bonchev–Trinajstić information content (AvgIpc) is 2.92. The maximum Gasteiger partial charge on any atom is 0.251 e. The summed E-state index contributed by atoms with van der Waals surface area (Å²) in [4.78, 5) is 11.9. The van der Waals surface area contributed by atoms with E-state index in [-0.39, 0.29) is 5.91 Å². The molecular formula is C13H16N4O2. The van der Waals surface area contributed by atoms with Gasteiger partial charge in [-0.3, -0.25) is 4.79 Å². The molecule has 0 spiro atoms. The fraction of sp³-hybridized carbons (Fsp3) is 0.308. The van der Waals surface area contributed by atoms with Gasteiger partial charge in [-0.25, -0.2) is 4.68 Å². The van der Waals surface area contributed by atoms with Crippen LogP contribution in [0.15, 0.2) is 36.7 Å². The normalized spacial score (nSPS) is 12.1. The summed E-state index contributed by atoms with van der Waals surface area (Å²) in [6.07, 6.45) is 3.41. The van der Waals surface area contributed by atoms with E-state index in [1.54, 1.807) is 42.2 Å². The number of hydrogen-bond acceptors (Lipinski definition) is 4. The Labute approximate surface area is 111 Å². The Balaban J connectivity index is 2.04. The lowest BCUT2D eigenvalue weighted by Crippen LogP contribution is -2.26. The van der Waals surface area contributed by atoms with Crippen LogP contribution in [0.3, 0.4) is 0 Å². The third-order valence-corrected chi connectivity index (χ3v) is 2.64. The number of aromatic nitrogens is 3. The van der Waals surface area contributed by atoms with Gasteiger partial charge in [-0.15, -0.1) is 5.10 Å². The number of hydrogen-bond donors (Lipinski definition) is 2. The van der Waals surface area contributed by atoms with Crippen molar-refractivity contribution in [3.8, 4) is 5.69 Å². The second-order valence-corrected chi connectivity index (χ2v) is 4.29. The molecule has 19 heavy (non-hydrogen) atoms. The number of carbonyl (C=O) groups excluding carboxylic acids is 1. The van der Waals surface area contributed by atoms with Crippen molar-refractivity contribution in [3.63, 3.8) is 0 Å². The summed E-state index contributed by atoms with van der Waals surface area (Å²) in [7, 11) is 0. The topological polar surface area (TPSA) is 80.0 Å². The maximum atomic E-state index is 11.9. The Morgan fingerprint density at radius 1 is 1.53 bits per heavy atom. The quantitative estimate of drug-likeness (QED) is 0.832. The van der Waals surface area contributed by atoms with Crippen molar-refractivity contribution in [2.75, 3.05) is 6.54 Å². The van der Waals surface area contributed by atoms with Crippen molar-refractivity contribution in [2.24, 2.45) is 0 Å². The molecule has 0 fully saturated rings. The first-order chi connectivity index (χ1) is 9.16. The van der Waals surface area contributed by atoms with E-state index >= 15 is 0 Å². The second-order valence-electron chi connectivity index (χ2n) is 4.29. The predicted molar refractivity (Wildman–Crippen MR) is 70.0 cm³/mol. The van der Waals surface area contributed by atoms with Gasteiger partial charge >= 0.3 is 0 Å². The minimum absolute atomic E-state index is 0.164. The molecule has 2 aromatic rings. The molecule has 0 saturated carbocycles. The van der Waals surface area contributed by atoms with E-state index in [1.165, 1.54) is 0 Å². The molecule has 100 valence electrons. The van der Waals surface area contributed by atoms with Gasteiger partial charge in [0.25, 0.3) is 5.91 Å². The van der Waals surface area contributed by atoms with Crippen molar-refractivity contribution in [1.29, 1.82) is 0 Å². The second kappa shape index (κ2) is 6.10. The summed E-state index contributed by atoms with van der Waals surface area (Å²) in [5, 5.41) is 19.5. The number of benzene rings is 1. The molecule has 1 heterocycles. The molecule has 1 amide bonds. The van der Waals surface area contributed by atoms with Crippen molar-refractivity contribution in [1.82, 2.24) is 20.3 Å². The van der Waals surface area contributed by atoms with E-state index < -0.39 is 6.10 Å². The lowest BCUT2D eigenvalue weighted by atomic mass is 10.2. The standard InChI is InChI=1S/C13H16N4O2/c1-10(18)5-6-14-13(19)11-3-2-4-12(9-11)17-8-7-15-16-17/h2-4,7-10,18H,5-6H2,1H3,(H,14,19). The van der Waals surface area contributed by atoms with Crippen LogP contribution in [0, 0.1) is 0 Å². The maximum absolute atomic E-state index is 11.9. The van der Waals surface area contributed by atoms with Gasteiger partial charge in [0.15, 0.2) is 0 Å². The van der Waals surface area contributed by atoms with Crippen molar-refractivity contribution in [2.45, 2.75) is 19.4 Å². The molecule has 0 bridgehead atoms. The predicted octanol–water partition coefficient (Wildman–Crippen LogP) is 0.768. The van der Waals surface area contributed by atoms with Gasteiger partial charge in [0.05, 0.1) is 24.2 Å². The van der Waals surface area contributed by atoms with Crippen LogP contribution in [-0.4, -0.2) is 38.7 Å². The molecule has 1 aromatic carbocycles. The van der Waals surface area contributed by atoms with Crippen LogP contribution >= 0.6 is 0 Å². The lowest BCUT2D eigenvalue weighted by Gasteiger charge is -2.08. The van der Waals surface area contributed by atoms with Gasteiger partial charge < -0.3 is 10.4 Å². The molecule has 0 saturated heterocycles. The SMILES string of the molecule is CC(O)CCNC(=O)c1cccc(-n2ccnn2)c1. The smallest absolute Gasteiger partial charge is 0.251 e. The lowest BCUT2D eigenvalue weighted by molar-refractivity contribution is 0.0945. The Hall–Kier alpha value is -2.21. The molecule has 1 aromatic heterocycles. The summed E-state index contributed by atoms with van der Waals surface area (Å²) in [5.41, 5.74) is 1.33. The first kappa shape index (κ1) is 13.2. The molecular weight excluding hydrogens is 244 g/mol. The fourth-order valence-corrected chi connectivity index (χ4v) is 1.63. The third-order valence-electron chi connectivity index (χ3n) is 2.64. The minimum atomic E-state index is -0.415. The van der Waals surface area contributed by atoms with Crippen LogP contribution in [0.1, 0.15) is 23.7 Å². The molecule has 0 radical (unpaired) electrons. The highest BCUT2D eigenvalue weighted by molar-refractivity contribution is 5.94. The highest BCUT2D eigenvalue weighted by Gasteiger charge is 2.07. The fourth-order valence-electron chi connectivity index (χ4n) is 1.63. The van der Waals surface area contributed by atoms with Gasteiger partial charge in [0, 0.05) is 12.1 Å². The summed E-state index contributed by atoms with van der Waals surface area (Å²) < 4.78 is 1.59. The largest absolute Gasteiger partial charge is 0.393 e. The third kappa shape index (κ3) is 3.62. The van der Waals surface area contributed by atoms with Crippen molar-refractivity contribution >= 4 is 5.91 Å². The van der Waals surface area contributed by atoms with Gasteiger partial charge in [0.2, 0.25) is 0 Å². The Bertz CT molecular complexity index is 537. The number of carbonyl (C=O) groups is 1. The summed E-state index contributed by atoms with van der Waals surface area (Å²) in [6.45, 7) is 2.14. The number of aliphatic hydroxyl groups excluding tert-OH is 1. The van der Waals surface area contributed by atoms with E-state index in [0.29, 0.717) is 18.5 Å². The van der Waals surface area contributed by atoms with Crippen LogP contribution < -0.4 is 5.32 Å². The van der Waals surface area contributed by atoms with Crippen LogP contribution in [0.5, 0.6) is 0 Å². The van der Waals surface area contributed by atoms with Crippen LogP contribution in [0.4, 0.5) is 0 Å². The van der Waals surface area contributed by atoms with Gasteiger partial charge in [0.1, 0.15) is 0 Å². The van der Waals surface area contributed by atoms with Crippen LogP contribution in [0.2, 0.25) is 0 Å². The van der Waals surface area contributed by atoms with E-state index in [4.69, 9.17) is 5.11 Å². The first-order valence-corrected chi connectivity index (χ1v) is 6.10. The molecule has 1 atom stereocenters. The Kier molecular flexibility index (Phi) is 4.25. The first-order valence-electron chi connectivity index (χ1n) is 6.10. The Morgan fingerprint density at radius 2 is 2.37 bits per heavy atom. The number of aliphatic hydroxyl groups is 1. The molecule has 0 aliphatic heterocycles. The van der Waals surface area contributed by atoms with E-state index in [2.05, 4.69) is 15.6 Å². The monoisotopic (exact) mass is 260 g/mol. The van der Waals surface area contributed by atoms with Gasteiger partial charge in [-0.05, 0) is 31.5 Å². The molecule has 6 nitrogen and oxygen atoms in total. The molecule has 6 heteroatoms. The molecule has 0 aliphatic rings. The summed E-state index contributed by atoms with van der Waals surface area (Å²) in [5.74, 6) is -0.164. The van der Waals surface area contributed by atoms with Crippen LogP contribution in [-0.2, 0) is 0 Å². The zero-order valence-corrected chi connectivity index (χ0v) is 10.7. The highest BCUT2D eigenvalue weighted by Crippen LogP contribution is 2.09. The minimum Gasteiger partial charge on any atom is -0.393 e.